The first-order valence-corrected chi connectivity index (χ1v) is 5.18. The van der Waals surface area contributed by atoms with Crippen molar-refractivity contribution in [3.63, 3.8) is 0 Å². The fourth-order valence-corrected chi connectivity index (χ4v) is 2.77. The molecule has 0 aromatic carbocycles. The van der Waals surface area contributed by atoms with Crippen LogP contribution in [0.4, 0.5) is 0 Å². The van der Waals surface area contributed by atoms with Crippen molar-refractivity contribution in [1.82, 2.24) is 4.37 Å². The van der Waals surface area contributed by atoms with Crippen LogP contribution in [0.5, 0.6) is 0 Å². The van der Waals surface area contributed by atoms with Crippen LogP contribution in [0.3, 0.4) is 0 Å². The summed E-state index contributed by atoms with van der Waals surface area (Å²) >= 11 is 1.43. The summed E-state index contributed by atoms with van der Waals surface area (Å²) in [5, 5.41) is 9.90. The van der Waals surface area contributed by atoms with Crippen molar-refractivity contribution in [3.8, 4) is 0 Å². The lowest BCUT2D eigenvalue weighted by atomic mass is 10.1. The Morgan fingerprint density at radius 1 is 1.67 bits per heavy atom. The van der Waals surface area contributed by atoms with E-state index in [1.54, 1.807) is 6.20 Å². The number of hydrogen-bond donors (Lipinski definition) is 1. The number of rotatable bonds is 2. The summed E-state index contributed by atoms with van der Waals surface area (Å²) in [5.74, 6) is 0.554. The van der Waals surface area contributed by atoms with Gasteiger partial charge in [-0.25, -0.2) is 4.37 Å². The first-order valence-electron chi connectivity index (χ1n) is 4.40. The molecule has 0 radical (unpaired) electrons. The second-order valence-corrected chi connectivity index (χ2v) is 4.90. The molecule has 0 saturated heterocycles. The van der Waals surface area contributed by atoms with Gasteiger partial charge < -0.3 is 5.11 Å². The van der Waals surface area contributed by atoms with Crippen LogP contribution >= 0.6 is 11.5 Å². The largest absolute Gasteiger partial charge is 0.387 e. The maximum Gasteiger partial charge on any atom is 0.0931 e. The highest BCUT2D eigenvalue weighted by Gasteiger charge is 2.65. The third-order valence-electron chi connectivity index (χ3n) is 3.28. The van der Waals surface area contributed by atoms with Gasteiger partial charge in [-0.3, -0.25) is 0 Å². The molecule has 1 aromatic heterocycles. The van der Waals surface area contributed by atoms with E-state index in [-0.39, 0.29) is 6.10 Å². The average Bonchev–Trinajstić information content (AvgIpc) is 2.95. The maximum atomic E-state index is 9.90. The van der Waals surface area contributed by atoms with Gasteiger partial charge in [-0.05, 0) is 48.2 Å². The molecule has 2 fully saturated rings. The summed E-state index contributed by atoms with van der Waals surface area (Å²) in [5.41, 5.74) is 0.587. The summed E-state index contributed by atoms with van der Waals surface area (Å²) in [4.78, 5) is 1.05. The zero-order valence-electron chi connectivity index (χ0n) is 6.73. The topological polar surface area (TPSA) is 33.1 Å². The monoisotopic (exact) mass is 181 g/mol. The Morgan fingerprint density at radius 3 is 3.00 bits per heavy atom. The van der Waals surface area contributed by atoms with Gasteiger partial charge in [0.2, 0.25) is 0 Å². The van der Waals surface area contributed by atoms with Gasteiger partial charge >= 0.3 is 0 Å². The van der Waals surface area contributed by atoms with E-state index in [9.17, 15) is 5.11 Å². The highest BCUT2D eigenvalue weighted by atomic mass is 32.1. The molecule has 2 nitrogen and oxygen atoms in total. The van der Waals surface area contributed by atoms with Crippen molar-refractivity contribution >= 4 is 11.5 Å². The predicted molar refractivity (Wildman–Crippen MR) is 46.8 cm³/mol. The van der Waals surface area contributed by atoms with Crippen molar-refractivity contribution in [2.75, 3.05) is 0 Å². The lowest BCUT2D eigenvalue weighted by molar-refractivity contribution is 0.149. The normalized spacial score (nSPS) is 31.9. The van der Waals surface area contributed by atoms with Gasteiger partial charge in [-0.2, -0.15) is 0 Å². The van der Waals surface area contributed by atoms with E-state index in [4.69, 9.17) is 0 Å². The van der Waals surface area contributed by atoms with E-state index in [1.807, 2.05) is 6.07 Å². The van der Waals surface area contributed by atoms with E-state index < -0.39 is 0 Å². The molecule has 3 heteroatoms. The van der Waals surface area contributed by atoms with Crippen LogP contribution in [0.15, 0.2) is 12.3 Å². The molecular weight excluding hydrogens is 170 g/mol. The minimum atomic E-state index is -0.222. The average molecular weight is 181 g/mol. The molecule has 2 unspecified atom stereocenters. The summed E-state index contributed by atoms with van der Waals surface area (Å²) < 4.78 is 4.00. The Balaban J connectivity index is 1.78. The highest BCUT2D eigenvalue weighted by Crippen LogP contribution is 2.73. The molecule has 2 atom stereocenters. The Hall–Kier alpha value is -0.410. The molecule has 0 aliphatic heterocycles. The molecule has 12 heavy (non-hydrogen) atoms. The fourth-order valence-electron chi connectivity index (χ4n) is 2.14. The molecule has 0 bridgehead atoms. The van der Waals surface area contributed by atoms with Crippen molar-refractivity contribution in [2.45, 2.75) is 25.4 Å². The number of aliphatic hydroxyl groups excluding tert-OH is 1. The molecule has 1 heterocycles. The Labute approximate surface area is 75.4 Å². The van der Waals surface area contributed by atoms with E-state index in [2.05, 4.69) is 4.37 Å². The second-order valence-electron chi connectivity index (χ2n) is 4.03. The Morgan fingerprint density at radius 2 is 2.50 bits per heavy atom. The van der Waals surface area contributed by atoms with Crippen molar-refractivity contribution in [2.24, 2.45) is 11.3 Å². The molecule has 1 spiro atoms. The minimum absolute atomic E-state index is 0.222. The van der Waals surface area contributed by atoms with Crippen LogP contribution in [-0.4, -0.2) is 9.48 Å². The fraction of sp³-hybridized carbons (Fsp3) is 0.667. The summed E-state index contributed by atoms with van der Waals surface area (Å²) in [7, 11) is 0. The van der Waals surface area contributed by atoms with Crippen LogP contribution < -0.4 is 0 Å². The standard InChI is InChI=1S/C9H11NOS/c11-8(7-1-4-10-12-7)6-5-9(6)2-3-9/h1,4,6,8,11H,2-3,5H2. The van der Waals surface area contributed by atoms with Gasteiger partial charge in [0.25, 0.3) is 0 Å². The third kappa shape index (κ3) is 0.866. The molecule has 2 aliphatic rings. The molecule has 0 amide bonds. The van der Waals surface area contributed by atoms with Gasteiger partial charge in [-0.1, -0.05) is 0 Å². The van der Waals surface area contributed by atoms with Crippen LogP contribution in [-0.2, 0) is 0 Å². The van der Waals surface area contributed by atoms with Crippen LogP contribution in [0, 0.1) is 11.3 Å². The van der Waals surface area contributed by atoms with Crippen molar-refractivity contribution in [3.05, 3.63) is 17.1 Å². The quantitative estimate of drug-likeness (QED) is 0.756. The number of aliphatic hydroxyl groups is 1. The smallest absolute Gasteiger partial charge is 0.0931 e. The Kier molecular flexibility index (Phi) is 1.23. The SMILES string of the molecule is OC(c1ccns1)C1CC12CC2. The number of nitrogens with zero attached hydrogens (tertiary/aromatic N) is 1. The van der Waals surface area contributed by atoms with E-state index in [0.29, 0.717) is 11.3 Å². The third-order valence-corrected chi connectivity index (χ3v) is 4.09. The lowest BCUT2D eigenvalue weighted by Crippen LogP contribution is -1.98. The summed E-state index contributed by atoms with van der Waals surface area (Å²) in [6.07, 6.45) is 5.47. The van der Waals surface area contributed by atoms with Crippen LogP contribution in [0.25, 0.3) is 0 Å². The van der Waals surface area contributed by atoms with Gasteiger partial charge in [-0.15, -0.1) is 0 Å². The van der Waals surface area contributed by atoms with Gasteiger partial charge in [0.1, 0.15) is 0 Å². The predicted octanol–water partition coefficient (Wildman–Crippen LogP) is 1.98. The molecular formula is C9H11NOS. The maximum absolute atomic E-state index is 9.90. The van der Waals surface area contributed by atoms with Gasteiger partial charge in [0, 0.05) is 6.20 Å². The van der Waals surface area contributed by atoms with E-state index >= 15 is 0 Å². The van der Waals surface area contributed by atoms with Crippen LogP contribution in [0.2, 0.25) is 0 Å². The number of hydrogen-bond acceptors (Lipinski definition) is 3. The molecule has 64 valence electrons. The van der Waals surface area contributed by atoms with Crippen molar-refractivity contribution < 1.29 is 5.11 Å². The minimum Gasteiger partial charge on any atom is -0.387 e. The lowest BCUT2D eigenvalue weighted by Gasteiger charge is -2.05. The zero-order valence-corrected chi connectivity index (χ0v) is 7.55. The molecule has 1 N–H and O–H groups in total. The zero-order chi connectivity index (χ0) is 8.18. The van der Waals surface area contributed by atoms with Gasteiger partial charge in [0.15, 0.2) is 0 Å². The second kappa shape index (κ2) is 2.09. The summed E-state index contributed by atoms with van der Waals surface area (Å²) in [6.45, 7) is 0. The first-order chi connectivity index (χ1) is 5.82. The van der Waals surface area contributed by atoms with Gasteiger partial charge in [0.05, 0.1) is 11.0 Å². The first kappa shape index (κ1) is 7.04. The number of aromatic nitrogens is 1. The van der Waals surface area contributed by atoms with E-state index in [1.165, 1.54) is 30.8 Å². The Bertz CT molecular complexity index is 291. The molecule has 2 aliphatic carbocycles. The van der Waals surface area contributed by atoms with E-state index in [0.717, 1.165) is 4.88 Å². The van der Waals surface area contributed by atoms with Crippen molar-refractivity contribution in [1.29, 1.82) is 0 Å². The van der Waals surface area contributed by atoms with Crippen LogP contribution in [0.1, 0.15) is 30.2 Å². The summed E-state index contributed by atoms with van der Waals surface area (Å²) in [6, 6.07) is 1.93. The highest BCUT2D eigenvalue weighted by molar-refractivity contribution is 7.05. The molecule has 1 aromatic rings. The molecule has 3 rings (SSSR count). The molecule has 2 saturated carbocycles.